The molecular formula is C19H18ClN3O2S. The van der Waals surface area contributed by atoms with E-state index in [9.17, 15) is 4.79 Å². The fourth-order valence-electron chi connectivity index (χ4n) is 2.25. The number of amides is 1. The zero-order valence-corrected chi connectivity index (χ0v) is 16.2. The number of anilines is 1. The lowest BCUT2D eigenvalue weighted by molar-refractivity contribution is -0.115. The van der Waals surface area contributed by atoms with E-state index >= 15 is 0 Å². The van der Waals surface area contributed by atoms with Crippen molar-refractivity contribution in [3.63, 3.8) is 0 Å². The summed E-state index contributed by atoms with van der Waals surface area (Å²) in [6.07, 6.45) is 0. The van der Waals surface area contributed by atoms with Gasteiger partial charge in [0.25, 0.3) is 5.22 Å². The first-order valence-corrected chi connectivity index (χ1v) is 9.33. The van der Waals surface area contributed by atoms with Gasteiger partial charge in [-0.05, 0) is 56.2 Å². The molecule has 0 radical (unpaired) electrons. The minimum absolute atomic E-state index is 0.186. The van der Waals surface area contributed by atoms with E-state index in [-0.39, 0.29) is 5.91 Å². The van der Waals surface area contributed by atoms with E-state index in [1.165, 1.54) is 17.3 Å². The van der Waals surface area contributed by atoms with Crippen LogP contribution < -0.4 is 5.32 Å². The highest BCUT2D eigenvalue weighted by molar-refractivity contribution is 8.00. The highest BCUT2D eigenvalue weighted by atomic mass is 35.5. The molecule has 3 rings (SSSR count). The molecule has 7 heteroatoms. The van der Waals surface area contributed by atoms with E-state index < -0.39 is 5.25 Å². The maximum Gasteiger partial charge on any atom is 0.277 e. The molecule has 26 heavy (non-hydrogen) atoms. The van der Waals surface area contributed by atoms with Crippen molar-refractivity contribution < 1.29 is 9.21 Å². The number of aryl methyl sites for hydroxylation is 2. The fraction of sp³-hybridized carbons (Fsp3) is 0.211. The number of benzene rings is 2. The first-order valence-electron chi connectivity index (χ1n) is 8.07. The maximum atomic E-state index is 12.3. The monoisotopic (exact) mass is 387 g/mol. The van der Waals surface area contributed by atoms with E-state index in [0.717, 1.165) is 11.1 Å². The van der Waals surface area contributed by atoms with Crippen LogP contribution in [0, 0.1) is 13.8 Å². The summed E-state index contributed by atoms with van der Waals surface area (Å²) in [5.74, 6) is 0.253. The normalized spacial score (nSPS) is 12.0. The Hall–Kier alpha value is -2.31. The Morgan fingerprint density at radius 3 is 2.65 bits per heavy atom. The molecule has 1 aromatic heterocycles. The predicted octanol–water partition coefficient (Wildman–Crippen LogP) is 5.13. The topological polar surface area (TPSA) is 68.0 Å². The predicted molar refractivity (Wildman–Crippen MR) is 105 cm³/mol. The summed E-state index contributed by atoms with van der Waals surface area (Å²) < 4.78 is 5.69. The van der Waals surface area contributed by atoms with Crippen LogP contribution in [-0.2, 0) is 4.79 Å². The molecule has 0 saturated carbocycles. The summed E-state index contributed by atoms with van der Waals surface area (Å²) >= 11 is 7.27. The van der Waals surface area contributed by atoms with Crippen LogP contribution >= 0.6 is 23.4 Å². The van der Waals surface area contributed by atoms with Crippen molar-refractivity contribution in [1.82, 2.24) is 10.2 Å². The Morgan fingerprint density at radius 2 is 1.92 bits per heavy atom. The third-order valence-corrected chi connectivity index (χ3v) is 5.20. The van der Waals surface area contributed by atoms with Crippen LogP contribution in [0.3, 0.4) is 0 Å². The molecule has 2 aromatic carbocycles. The first-order chi connectivity index (χ1) is 12.4. The summed E-state index contributed by atoms with van der Waals surface area (Å²) in [5, 5.41) is 11.3. The molecule has 0 spiro atoms. The number of para-hydroxylation sites is 1. The quantitative estimate of drug-likeness (QED) is 0.615. The third-order valence-electron chi connectivity index (χ3n) is 3.94. The number of aromatic nitrogens is 2. The van der Waals surface area contributed by atoms with Crippen molar-refractivity contribution in [3.8, 4) is 11.5 Å². The van der Waals surface area contributed by atoms with Gasteiger partial charge < -0.3 is 9.73 Å². The van der Waals surface area contributed by atoms with Gasteiger partial charge in [-0.3, -0.25) is 4.79 Å². The number of thioether (sulfide) groups is 1. The van der Waals surface area contributed by atoms with Gasteiger partial charge in [-0.25, -0.2) is 0 Å². The second-order valence-corrected chi connectivity index (χ2v) is 7.60. The number of halogens is 1. The van der Waals surface area contributed by atoms with Crippen molar-refractivity contribution in [2.75, 3.05) is 5.32 Å². The lowest BCUT2D eigenvalue weighted by Gasteiger charge is -2.10. The average Bonchev–Trinajstić information content (AvgIpc) is 3.07. The van der Waals surface area contributed by atoms with Crippen LogP contribution in [0.2, 0.25) is 5.02 Å². The SMILES string of the molecule is Cc1ccc(-c2nnc(S[C@H](C)C(=O)Nc3ccccc3Cl)o2)cc1C. The van der Waals surface area contributed by atoms with Crippen LogP contribution in [0.5, 0.6) is 0 Å². The van der Waals surface area contributed by atoms with Gasteiger partial charge in [-0.1, -0.05) is 41.6 Å². The Balaban J connectivity index is 1.67. The second-order valence-electron chi connectivity index (χ2n) is 5.90. The standard InChI is InChI=1S/C19H18ClN3O2S/c1-11-8-9-14(10-12(11)2)18-22-23-19(25-18)26-13(3)17(24)21-16-7-5-4-6-15(16)20/h4-10,13H,1-3H3,(H,21,24)/t13-/m1/s1. The number of hydrogen-bond donors (Lipinski definition) is 1. The zero-order valence-electron chi connectivity index (χ0n) is 14.6. The number of carbonyl (C=O) groups is 1. The Bertz CT molecular complexity index is 942. The van der Waals surface area contributed by atoms with Crippen molar-refractivity contribution in [1.29, 1.82) is 0 Å². The lowest BCUT2D eigenvalue weighted by Crippen LogP contribution is -2.22. The Morgan fingerprint density at radius 1 is 1.15 bits per heavy atom. The molecular weight excluding hydrogens is 370 g/mol. The van der Waals surface area contributed by atoms with Crippen molar-refractivity contribution in [3.05, 3.63) is 58.6 Å². The van der Waals surface area contributed by atoms with E-state index in [1.54, 1.807) is 19.1 Å². The average molecular weight is 388 g/mol. The van der Waals surface area contributed by atoms with E-state index in [0.29, 0.717) is 21.8 Å². The van der Waals surface area contributed by atoms with Crippen LogP contribution in [0.1, 0.15) is 18.1 Å². The molecule has 0 aliphatic heterocycles. The summed E-state index contributed by atoms with van der Waals surface area (Å²) in [7, 11) is 0. The van der Waals surface area contributed by atoms with E-state index in [1.807, 2.05) is 44.2 Å². The summed E-state index contributed by atoms with van der Waals surface area (Å²) in [4.78, 5) is 12.3. The molecule has 134 valence electrons. The number of nitrogens with zero attached hydrogens (tertiary/aromatic N) is 2. The zero-order chi connectivity index (χ0) is 18.7. The second kappa shape index (κ2) is 7.93. The Kier molecular flexibility index (Phi) is 5.64. The molecule has 0 aliphatic rings. The minimum Gasteiger partial charge on any atom is -0.411 e. The van der Waals surface area contributed by atoms with Crippen LogP contribution in [0.4, 0.5) is 5.69 Å². The largest absolute Gasteiger partial charge is 0.411 e. The van der Waals surface area contributed by atoms with Crippen LogP contribution in [0.15, 0.2) is 52.1 Å². The number of nitrogens with one attached hydrogen (secondary N) is 1. The molecule has 0 saturated heterocycles. The molecule has 1 atom stereocenters. The van der Waals surface area contributed by atoms with E-state index in [2.05, 4.69) is 15.5 Å². The summed E-state index contributed by atoms with van der Waals surface area (Å²) in [5.41, 5.74) is 3.80. The number of carbonyl (C=O) groups excluding carboxylic acids is 1. The molecule has 0 bridgehead atoms. The third kappa shape index (κ3) is 4.26. The lowest BCUT2D eigenvalue weighted by atomic mass is 10.1. The van der Waals surface area contributed by atoms with Gasteiger partial charge in [-0.2, -0.15) is 0 Å². The van der Waals surface area contributed by atoms with Gasteiger partial charge in [0.15, 0.2) is 0 Å². The van der Waals surface area contributed by atoms with Crippen LogP contribution in [0.25, 0.3) is 11.5 Å². The number of rotatable bonds is 5. The molecule has 1 N–H and O–H groups in total. The van der Waals surface area contributed by atoms with Crippen molar-refractivity contribution >= 4 is 35.0 Å². The number of hydrogen-bond acceptors (Lipinski definition) is 5. The highest BCUT2D eigenvalue weighted by Gasteiger charge is 2.19. The smallest absolute Gasteiger partial charge is 0.277 e. The molecule has 0 fully saturated rings. The molecule has 3 aromatic rings. The Labute approximate surface area is 161 Å². The fourth-order valence-corrected chi connectivity index (χ4v) is 3.12. The highest BCUT2D eigenvalue weighted by Crippen LogP contribution is 2.28. The maximum absolute atomic E-state index is 12.3. The van der Waals surface area contributed by atoms with Gasteiger partial charge in [0.05, 0.1) is 16.0 Å². The molecule has 5 nitrogen and oxygen atoms in total. The van der Waals surface area contributed by atoms with Gasteiger partial charge in [-0.15, -0.1) is 10.2 Å². The first kappa shape index (κ1) is 18.5. The van der Waals surface area contributed by atoms with Gasteiger partial charge in [0, 0.05) is 5.56 Å². The summed E-state index contributed by atoms with van der Waals surface area (Å²) in [6, 6.07) is 13.1. The molecule has 1 heterocycles. The van der Waals surface area contributed by atoms with Gasteiger partial charge in [0.2, 0.25) is 11.8 Å². The van der Waals surface area contributed by atoms with E-state index in [4.69, 9.17) is 16.0 Å². The molecule has 0 unspecified atom stereocenters. The molecule has 0 aliphatic carbocycles. The van der Waals surface area contributed by atoms with Gasteiger partial charge in [0.1, 0.15) is 0 Å². The van der Waals surface area contributed by atoms with Crippen LogP contribution in [-0.4, -0.2) is 21.4 Å². The summed E-state index contributed by atoms with van der Waals surface area (Å²) in [6.45, 7) is 5.86. The minimum atomic E-state index is -0.417. The van der Waals surface area contributed by atoms with Crippen molar-refractivity contribution in [2.45, 2.75) is 31.2 Å². The van der Waals surface area contributed by atoms with Gasteiger partial charge >= 0.3 is 0 Å². The molecule has 1 amide bonds. The van der Waals surface area contributed by atoms with Crippen molar-refractivity contribution in [2.24, 2.45) is 0 Å².